The van der Waals surface area contributed by atoms with Gasteiger partial charge in [0.05, 0.1) is 18.5 Å². The summed E-state index contributed by atoms with van der Waals surface area (Å²) >= 11 is 0. The van der Waals surface area contributed by atoms with Gasteiger partial charge in [-0.1, -0.05) is 12.1 Å². The van der Waals surface area contributed by atoms with Crippen LogP contribution in [0.4, 0.5) is 5.69 Å². The van der Waals surface area contributed by atoms with Crippen molar-refractivity contribution in [1.82, 2.24) is 5.32 Å². The Kier molecular flexibility index (Phi) is 4.66. The largest absolute Gasteiger partial charge is 0.467 e. The fourth-order valence-corrected chi connectivity index (χ4v) is 3.55. The summed E-state index contributed by atoms with van der Waals surface area (Å²) in [7, 11) is -3.67. The monoisotopic (exact) mass is 347 g/mol. The minimum Gasteiger partial charge on any atom is -0.467 e. The molecule has 0 fully saturated rings. The van der Waals surface area contributed by atoms with Gasteiger partial charge in [0.1, 0.15) is 16.5 Å². The molecule has 0 spiro atoms. The Morgan fingerprint density at radius 3 is 2.83 bits per heavy atom. The lowest BCUT2D eigenvalue weighted by Gasteiger charge is -2.17. The number of amidine groups is 1. The molecule has 2 heterocycles. The second-order valence-electron chi connectivity index (χ2n) is 5.34. The van der Waals surface area contributed by atoms with E-state index in [1.807, 2.05) is 0 Å². The van der Waals surface area contributed by atoms with Crippen molar-refractivity contribution in [1.29, 1.82) is 0 Å². The average molecular weight is 347 g/mol. The van der Waals surface area contributed by atoms with Crippen LogP contribution in [0.5, 0.6) is 0 Å². The van der Waals surface area contributed by atoms with Crippen molar-refractivity contribution in [3.8, 4) is 0 Å². The number of furan rings is 1. The molecule has 1 aromatic heterocycles. The number of hydrogen-bond donors (Lipinski definition) is 2. The van der Waals surface area contributed by atoms with Gasteiger partial charge in [-0.25, -0.2) is 0 Å². The number of fused-ring (bicyclic) bond motifs is 1. The van der Waals surface area contributed by atoms with Gasteiger partial charge in [-0.2, -0.15) is 8.42 Å². The highest BCUT2D eigenvalue weighted by Crippen LogP contribution is 2.27. The highest BCUT2D eigenvalue weighted by Gasteiger charge is 2.23. The van der Waals surface area contributed by atoms with E-state index in [0.29, 0.717) is 36.7 Å². The van der Waals surface area contributed by atoms with Gasteiger partial charge in [-0.3, -0.25) is 4.79 Å². The van der Waals surface area contributed by atoms with Gasteiger partial charge in [0.25, 0.3) is 10.0 Å². The van der Waals surface area contributed by atoms with E-state index in [-0.39, 0.29) is 17.2 Å². The minimum absolute atomic E-state index is 0.119. The Hall–Kier alpha value is -2.61. The molecular weight excluding hydrogens is 330 g/mol. The molecule has 1 aliphatic heterocycles. The van der Waals surface area contributed by atoms with Crippen LogP contribution in [0.3, 0.4) is 0 Å². The fraction of sp³-hybridized carbons (Fsp3) is 0.250. The molecule has 126 valence electrons. The standard InChI is InChI=1S/C16H17N3O4S/c20-16(17-11-12-5-4-10-23-12)9-3-8-15-18-13-6-1-2-7-14(13)24(21,22)19-15/h1-2,4-7,10H,3,8-9,11H2,(H,17,20)(H,18,19). The van der Waals surface area contributed by atoms with Crippen LogP contribution in [-0.4, -0.2) is 20.2 Å². The molecular formula is C16H17N3O4S. The summed E-state index contributed by atoms with van der Waals surface area (Å²) in [6, 6.07) is 10.2. The summed E-state index contributed by atoms with van der Waals surface area (Å²) in [5, 5.41) is 5.75. The third kappa shape index (κ3) is 3.83. The summed E-state index contributed by atoms with van der Waals surface area (Å²) in [4.78, 5) is 11.9. The highest BCUT2D eigenvalue weighted by molar-refractivity contribution is 7.90. The zero-order valence-corrected chi connectivity index (χ0v) is 13.7. The van der Waals surface area contributed by atoms with Gasteiger partial charge in [0, 0.05) is 12.8 Å². The van der Waals surface area contributed by atoms with Crippen LogP contribution in [0.1, 0.15) is 25.0 Å². The van der Waals surface area contributed by atoms with Crippen molar-refractivity contribution in [2.45, 2.75) is 30.7 Å². The van der Waals surface area contributed by atoms with Crippen molar-refractivity contribution in [2.24, 2.45) is 4.40 Å². The van der Waals surface area contributed by atoms with Gasteiger partial charge in [-0.05, 0) is 30.7 Å². The Balaban J connectivity index is 1.50. The van der Waals surface area contributed by atoms with E-state index < -0.39 is 10.0 Å². The van der Waals surface area contributed by atoms with E-state index in [0.717, 1.165) is 0 Å². The van der Waals surface area contributed by atoms with E-state index in [1.54, 1.807) is 36.6 Å². The first kappa shape index (κ1) is 16.3. The third-order valence-electron chi connectivity index (χ3n) is 3.53. The Bertz CT molecular complexity index is 857. The SMILES string of the molecule is O=C(CCCC1=NS(=O)(=O)c2ccccc2N1)NCc1ccco1. The first-order valence-electron chi connectivity index (χ1n) is 7.53. The predicted octanol–water partition coefficient (Wildman–Crippen LogP) is 2.28. The number of benzene rings is 1. The smallest absolute Gasteiger partial charge is 0.286 e. The highest BCUT2D eigenvalue weighted by atomic mass is 32.2. The molecule has 2 aromatic rings. The fourth-order valence-electron chi connectivity index (χ4n) is 2.38. The number of hydrogen-bond acceptors (Lipinski definition) is 5. The topological polar surface area (TPSA) is 101 Å². The zero-order chi connectivity index (χ0) is 17.0. The summed E-state index contributed by atoms with van der Waals surface area (Å²) < 4.78 is 33.1. The molecule has 1 amide bonds. The number of rotatable bonds is 6. The Morgan fingerprint density at radius 1 is 1.21 bits per heavy atom. The van der Waals surface area contributed by atoms with E-state index >= 15 is 0 Å². The maximum absolute atomic E-state index is 12.1. The maximum atomic E-state index is 12.1. The van der Waals surface area contributed by atoms with Gasteiger partial charge in [0.15, 0.2) is 0 Å². The molecule has 0 unspecified atom stereocenters. The van der Waals surface area contributed by atoms with Crippen LogP contribution in [0.15, 0.2) is 56.4 Å². The summed E-state index contributed by atoms with van der Waals surface area (Å²) in [5.74, 6) is 0.919. The molecule has 0 saturated heterocycles. The minimum atomic E-state index is -3.67. The average Bonchev–Trinajstić information content (AvgIpc) is 3.06. The quantitative estimate of drug-likeness (QED) is 0.835. The van der Waals surface area contributed by atoms with Gasteiger partial charge >= 0.3 is 0 Å². The number of sulfonamides is 1. The van der Waals surface area contributed by atoms with Gasteiger partial charge in [0.2, 0.25) is 5.91 Å². The van der Waals surface area contributed by atoms with Crippen molar-refractivity contribution >= 4 is 27.5 Å². The van der Waals surface area contributed by atoms with Gasteiger partial charge < -0.3 is 15.1 Å². The first-order chi connectivity index (χ1) is 11.5. The molecule has 3 rings (SSSR count). The van der Waals surface area contributed by atoms with Crippen molar-refractivity contribution in [3.63, 3.8) is 0 Å². The molecule has 1 aliphatic rings. The van der Waals surface area contributed by atoms with Crippen LogP contribution >= 0.6 is 0 Å². The van der Waals surface area contributed by atoms with E-state index in [2.05, 4.69) is 15.0 Å². The Labute approximate surface area is 139 Å². The first-order valence-corrected chi connectivity index (χ1v) is 8.97. The number of amides is 1. The molecule has 8 heteroatoms. The van der Waals surface area contributed by atoms with Crippen molar-refractivity contribution < 1.29 is 17.6 Å². The molecule has 0 radical (unpaired) electrons. The lowest BCUT2D eigenvalue weighted by Crippen LogP contribution is -2.24. The van der Waals surface area contributed by atoms with Crippen LogP contribution in [-0.2, 0) is 21.4 Å². The normalized spacial score (nSPS) is 15.1. The maximum Gasteiger partial charge on any atom is 0.286 e. The number of nitrogens with one attached hydrogen (secondary N) is 2. The van der Waals surface area contributed by atoms with E-state index in [9.17, 15) is 13.2 Å². The third-order valence-corrected chi connectivity index (χ3v) is 4.90. The number of anilines is 1. The molecule has 24 heavy (non-hydrogen) atoms. The van der Waals surface area contributed by atoms with Crippen LogP contribution < -0.4 is 10.6 Å². The van der Waals surface area contributed by atoms with Crippen molar-refractivity contribution in [3.05, 3.63) is 48.4 Å². The van der Waals surface area contributed by atoms with E-state index in [4.69, 9.17) is 4.42 Å². The Morgan fingerprint density at radius 2 is 2.04 bits per heavy atom. The van der Waals surface area contributed by atoms with Gasteiger partial charge in [-0.15, -0.1) is 4.40 Å². The summed E-state index contributed by atoms with van der Waals surface area (Å²) in [5.41, 5.74) is 0.518. The lowest BCUT2D eigenvalue weighted by molar-refractivity contribution is -0.121. The van der Waals surface area contributed by atoms with Crippen LogP contribution in [0.25, 0.3) is 0 Å². The summed E-state index contributed by atoms with van der Waals surface area (Å²) in [6.07, 6.45) is 2.70. The second kappa shape index (κ2) is 6.88. The van der Waals surface area contributed by atoms with Crippen LogP contribution in [0, 0.1) is 0 Å². The molecule has 7 nitrogen and oxygen atoms in total. The predicted molar refractivity (Wildman–Crippen MR) is 89.1 cm³/mol. The number of carbonyl (C=O) groups is 1. The lowest BCUT2D eigenvalue weighted by atomic mass is 10.2. The van der Waals surface area contributed by atoms with E-state index in [1.165, 1.54) is 6.07 Å². The molecule has 0 bridgehead atoms. The molecule has 0 aliphatic carbocycles. The summed E-state index contributed by atoms with van der Waals surface area (Å²) in [6.45, 7) is 0.340. The van der Waals surface area contributed by atoms with Crippen molar-refractivity contribution in [2.75, 3.05) is 5.32 Å². The number of carbonyl (C=O) groups excluding carboxylic acids is 1. The zero-order valence-electron chi connectivity index (χ0n) is 12.9. The molecule has 2 N–H and O–H groups in total. The molecule has 1 aromatic carbocycles. The molecule has 0 atom stereocenters. The molecule has 0 saturated carbocycles. The number of nitrogens with zero attached hydrogens (tertiary/aromatic N) is 1. The second-order valence-corrected chi connectivity index (χ2v) is 6.92. The van der Waals surface area contributed by atoms with Crippen LogP contribution in [0.2, 0.25) is 0 Å². The number of para-hydroxylation sites is 1.